The van der Waals surface area contributed by atoms with Gasteiger partial charge in [0.2, 0.25) is 14.9 Å². The van der Waals surface area contributed by atoms with Crippen LogP contribution in [0.4, 0.5) is 0 Å². The Bertz CT molecular complexity index is 1120. The minimum absolute atomic E-state index is 0.0645. The van der Waals surface area contributed by atoms with Crippen LogP contribution < -0.4 is 0 Å². The third kappa shape index (κ3) is 1.92. The van der Waals surface area contributed by atoms with E-state index in [-0.39, 0.29) is 15.6 Å². The number of halogens is 1. The van der Waals surface area contributed by atoms with Crippen LogP contribution in [0, 0.1) is 0 Å². The third-order valence-corrected chi connectivity index (χ3v) is 5.91. The van der Waals surface area contributed by atoms with Crippen LogP contribution in [0.25, 0.3) is 15.9 Å². The van der Waals surface area contributed by atoms with Gasteiger partial charge < -0.3 is 0 Å². The lowest BCUT2D eigenvalue weighted by atomic mass is 10.4. The number of sulfone groups is 1. The van der Waals surface area contributed by atoms with Gasteiger partial charge in [0.15, 0.2) is 5.65 Å². The molecule has 4 rings (SSSR count). The molecule has 0 bridgehead atoms. The van der Waals surface area contributed by atoms with E-state index in [0.29, 0.717) is 5.02 Å². The quantitative estimate of drug-likeness (QED) is 0.555. The fourth-order valence-corrected chi connectivity index (χ4v) is 4.43. The summed E-state index contributed by atoms with van der Waals surface area (Å²) in [4.78, 5) is 4.26. The molecule has 0 radical (unpaired) electrons. The molecule has 0 amide bonds. The van der Waals surface area contributed by atoms with Gasteiger partial charge in [-0.1, -0.05) is 22.9 Å². The van der Waals surface area contributed by atoms with Crippen molar-refractivity contribution in [2.75, 3.05) is 0 Å². The van der Waals surface area contributed by atoms with E-state index < -0.39 is 9.84 Å². The van der Waals surface area contributed by atoms with Gasteiger partial charge >= 0.3 is 0 Å². The molecule has 0 aliphatic heterocycles. The normalized spacial score (nSPS) is 12.2. The molecule has 1 aromatic carbocycles. The first kappa shape index (κ1) is 13.6. The summed E-state index contributed by atoms with van der Waals surface area (Å²) in [6.45, 7) is 0. The van der Waals surface area contributed by atoms with Crippen molar-refractivity contribution >= 4 is 48.6 Å². The Balaban J connectivity index is 2.01. The van der Waals surface area contributed by atoms with Crippen LogP contribution in [0.1, 0.15) is 0 Å². The average molecular weight is 351 g/mol. The summed E-state index contributed by atoms with van der Waals surface area (Å²) in [5, 5.41) is 9.81. The summed E-state index contributed by atoms with van der Waals surface area (Å²) in [6, 6.07) is 7.88. The number of hydrogen-bond acceptors (Lipinski definition) is 6. The van der Waals surface area contributed by atoms with Gasteiger partial charge in [-0.25, -0.2) is 13.4 Å². The Hall–Kier alpha value is -2.03. The molecule has 0 aliphatic carbocycles. The van der Waals surface area contributed by atoms with Crippen molar-refractivity contribution in [3.8, 4) is 0 Å². The van der Waals surface area contributed by atoms with Crippen molar-refractivity contribution in [1.29, 1.82) is 0 Å². The number of nitrogens with zero attached hydrogens (tertiary/aromatic N) is 4. The molecule has 0 aliphatic rings. The molecule has 6 nitrogen and oxygen atoms in total. The first-order valence-corrected chi connectivity index (χ1v) is 8.90. The molecule has 0 spiro atoms. The van der Waals surface area contributed by atoms with Crippen LogP contribution in [-0.4, -0.2) is 28.2 Å². The lowest BCUT2D eigenvalue weighted by Crippen LogP contribution is -2.04. The van der Waals surface area contributed by atoms with Crippen LogP contribution in [0.5, 0.6) is 0 Å². The zero-order valence-corrected chi connectivity index (χ0v) is 13.2. The van der Waals surface area contributed by atoms with Gasteiger partial charge in [-0.3, -0.25) is 0 Å². The van der Waals surface area contributed by atoms with E-state index in [0.717, 1.165) is 10.2 Å². The second kappa shape index (κ2) is 4.73. The van der Waals surface area contributed by atoms with Gasteiger partial charge in [0.1, 0.15) is 0 Å². The minimum Gasteiger partial charge on any atom is -0.233 e. The van der Waals surface area contributed by atoms with Gasteiger partial charge in [0.25, 0.3) is 0 Å². The maximum atomic E-state index is 12.7. The molecule has 4 aromatic rings. The van der Waals surface area contributed by atoms with Gasteiger partial charge in [0.05, 0.1) is 15.1 Å². The van der Waals surface area contributed by atoms with Gasteiger partial charge in [-0.15, -0.1) is 16.4 Å². The summed E-state index contributed by atoms with van der Waals surface area (Å²) in [5.41, 5.74) is 0.973. The van der Waals surface area contributed by atoms with Gasteiger partial charge in [-0.05, 0) is 29.6 Å². The third-order valence-electron chi connectivity index (χ3n) is 3.18. The summed E-state index contributed by atoms with van der Waals surface area (Å²) in [5.74, 6) is 0. The largest absolute Gasteiger partial charge is 0.233 e. The standard InChI is InChI=1S/C13H7ClN4O2S2/c14-8-2-1-3-9(6-8)22(19,20)13-12-15-7-11-10(4-5-21-11)18(12)17-16-13/h1-7H. The highest BCUT2D eigenvalue weighted by atomic mass is 35.5. The summed E-state index contributed by atoms with van der Waals surface area (Å²) in [7, 11) is -3.83. The molecule has 0 N–H and O–H groups in total. The minimum atomic E-state index is -3.83. The summed E-state index contributed by atoms with van der Waals surface area (Å²) < 4.78 is 27.8. The van der Waals surface area contributed by atoms with Crippen molar-refractivity contribution in [2.45, 2.75) is 9.92 Å². The van der Waals surface area contributed by atoms with E-state index in [2.05, 4.69) is 15.3 Å². The Labute approximate surface area is 133 Å². The monoisotopic (exact) mass is 350 g/mol. The fraction of sp³-hybridized carbons (Fsp3) is 0. The van der Waals surface area contributed by atoms with Gasteiger partial charge in [0, 0.05) is 11.2 Å². The molecule has 3 heterocycles. The van der Waals surface area contributed by atoms with Crippen LogP contribution >= 0.6 is 22.9 Å². The zero-order valence-electron chi connectivity index (χ0n) is 10.8. The Morgan fingerprint density at radius 1 is 1.23 bits per heavy atom. The number of thiophene rings is 1. The Morgan fingerprint density at radius 3 is 2.91 bits per heavy atom. The molecule has 9 heteroatoms. The van der Waals surface area contributed by atoms with E-state index in [9.17, 15) is 8.42 Å². The number of benzene rings is 1. The second-order valence-electron chi connectivity index (χ2n) is 4.52. The van der Waals surface area contributed by atoms with Crippen LogP contribution in [0.3, 0.4) is 0 Å². The van der Waals surface area contributed by atoms with Crippen molar-refractivity contribution in [3.05, 3.63) is 46.9 Å². The molecule has 110 valence electrons. The van der Waals surface area contributed by atoms with E-state index in [1.165, 1.54) is 28.0 Å². The molecule has 0 atom stereocenters. The highest BCUT2D eigenvalue weighted by molar-refractivity contribution is 7.91. The average Bonchev–Trinajstić information content (AvgIpc) is 3.13. The molecular weight excluding hydrogens is 344 g/mol. The highest BCUT2D eigenvalue weighted by Crippen LogP contribution is 2.26. The van der Waals surface area contributed by atoms with E-state index in [1.54, 1.807) is 18.3 Å². The van der Waals surface area contributed by atoms with Crippen molar-refractivity contribution in [1.82, 2.24) is 19.8 Å². The predicted octanol–water partition coefficient (Wildman–Crippen LogP) is 2.83. The first-order valence-electron chi connectivity index (χ1n) is 6.16. The molecule has 0 unspecified atom stereocenters. The lowest BCUT2D eigenvalue weighted by Gasteiger charge is -2.01. The Morgan fingerprint density at radius 2 is 2.09 bits per heavy atom. The van der Waals surface area contributed by atoms with Crippen molar-refractivity contribution in [2.24, 2.45) is 0 Å². The van der Waals surface area contributed by atoms with E-state index >= 15 is 0 Å². The number of rotatable bonds is 2. The number of fused-ring (bicyclic) bond motifs is 3. The van der Waals surface area contributed by atoms with Crippen LogP contribution in [0.15, 0.2) is 51.8 Å². The highest BCUT2D eigenvalue weighted by Gasteiger charge is 2.26. The predicted molar refractivity (Wildman–Crippen MR) is 83.1 cm³/mol. The molecule has 3 aromatic heterocycles. The van der Waals surface area contributed by atoms with Crippen LogP contribution in [-0.2, 0) is 9.84 Å². The molecule has 22 heavy (non-hydrogen) atoms. The van der Waals surface area contributed by atoms with E-state index in [1.807, 2.05) is 11.4 Å². The zero-order chi connectivity index (χ0) is 15.3. The SMILES string of the molecule is O=S(=O)(c1cccc(Cl)c1)c1nnn2c1ncc1sccc12. The second-order valence-corrected chi connectivity index (χ2v) is 7.77. The number of hydrogen-bond donors (Lipinski definition) is 0. The maximum Gasteiger partial charge on any atom is 0.229 e. The van der Waals surface area contributed by atoms with Gasteiger partial charge in [-0.2, -0.15) is 4.52 Å². The number of aromatic nitrogens is 4. The molecule has 0 saturated carbocycles. The summed E-state index contributed by atoms with van der Waals surface area (Å²) in [6.07, 6.45) is 1.62. The van der Waals surface area contributed by atoms with Crippen molar-refractivity contribution < 1.29 is 8.42 Å². The molecule has 0 saturated heterocycles. The first-order chi connectivity index (χ1) is 10.6. The van der Waals surface area contributed by atoms with E-state index in [4.69, 9.17) is 11.6 Å². The smallest absolute Gasteiger partial charge is 0.229 e. The fourth-order valence-electron chi connectivity index (χ4n) is 2.16. The molecular formula is C13H7ClN4O2S2. The lowest BCUT2D eigenvalue weighted by molar-refractivity contribution is 0.592. The van der Waals surface area contributed by atoms with Crippen molar-refractivity contribution in [3.63, 3.8) is 0 Å². The summed E-state index contributed by atoms with van der Waals surface area (Å²) >= 11 is 7.37. The molecule has 0 fully saturated rings. The maximum absolute atomic E-state index is 12.7. The van der Waals surface area contributed by atoms with Crippen LogP contribution in [0.2, 0.25) is 5.02 Å². The Kier molecular flexibility index (Phi) is 2.93. The topological polar surface area (TPSA) is 77.2 Å².